The summed E-state index contributed by atoms with van der Waals surface area (Å²) in [6.45, 7) is 7.63. The normalized spacial score (nSPS) is 28.2. The molecule has 3 rings (SSSR count). The highest BCUT2D eigenvalue weighted by Gasteiger charge is 2.31. The quantitative estimate of drug-likeness (QED) is 0.894. The Morgan fingerprint density at radius 3 is 2.89 bits per heavy atom. The summed E-state index contributed by atoms with van der Waals surface area (Å²) in [5, 5.41) is 3.71. The summed E-state index contributed by atoms with van der Waals surface area (Å²) in [4.78, 5) is 0. The fourth-order valence-corrected chi connectivity index (χ4v) is 3.47. The molecule has 2 aliphatic rings. The standard InChI is InChI=1S/C17H25NO/c1-12-7-8-15(9-12)18-11-14-6-4-5-13-10-17(2,3)19-16(13)14/h4-6,12,15,18H,7-11H2,1-3H3. The molecule has 1 heterocycles. The van der Waals surface area contributed by atoms with E-state index >= 15 is 0 Å². The van der Waals surface area contributed by atoms with E-state index in [9.17, 15) is 0 Å². The number of hydrogen-bond acceptors (Lipinski definition) is 2. The van der Waals surface area contributed by atoms with Gasteiger partial charge in [0.2, 0.25) is 0 Å². The van der Waals surface area contributed by atoms with Gasteiger partial charge in [-0.3, -0.25) is 0 Å². The number of para-hydroxylation sites is 1. The third-order valence-corrected chi connectivity index (χ3v) is 4.45. The molecule has 0 saturated heterocycles. The molecule has 0 aromatic heterocycles. The molecule has 1 aromatic rings. The van der Waals surface area contributed by atoms with Crippen LogP contribution in [0.25, 0.3) is 0 Å². The third kappa shape index (κ3) is 2.79. The zero-order valence-corrected chi connectivity index (χ0v) is 12.3. The molecule has 0 bridgehead atoms. The van der Waals surface area contributed by atoms with E-state index in [-0.39, 0.29) is 5.60 Å². The number of ether oxygens (including phenoxy) is 1. The first-order valence-electron chi connectivity index (χ1n) is 7.57. The first-order valence-corrected chi connectivity index (χ1v) is 7.57. The molecule has 2 nitrogen and oxygen atoms in total. The Labute approximate surface area is 116 Å². The highest BCUT2D eigenvalue weighted by Crippen LogP contribution is 2.37. The maximum absolute atomic E-state index is 6.12. The monoisotopic (exact) mass is 259 g/mol. The van der Waals surface area contributed by atoms with E-state index in [4.69, 9.17) is 4.74 Å². The van der Waals surface area contributed by atoms with E-state index in [2.05, 4.69) is 44.3 Å². The summed E-state index contributed by atoms with van der Waals surface area (Å²) in [5.74, 6) is 2.01. The van der Waals surface area contributed by atoms with Crippen LogP contribution in [0.2, 0.25) is 0 Å². The van der Waals surface area contributed by atoms with Crippen molar-refractivity contribution >= 4 is 0 Å². The van der Waals surface area contributed by atoms with Crippen LogP contribution in [0.4, 0.5) is 0 Å². The maximum Gasteiger partial charge on any atom is 0.127 e. The van der Waals surface area contributed by atoms with Gasteiger partial charge in [-0.15, -0.1) is 0 Å². The lowest BCUT2D eigenvalue weighted by molar-refractivity contribution is 0.137. The van der Waals surface area contributed by atoms with Crippen molar-refractivity contribution in [2.24, 2.45) is 5.92 Å². The van der Waals surface area contributed by atoms with Gasteiger partial charge < -0.3 is 10.1 Å². The first-order chi connectivity index (χ1) is 9.03. The van der Waals surface area contributed by atoms with Crippen molar-refractivity contribution in [3.05, 3.63) is 29.3 Å². The smallest absolute Gasteiger partial charge is 0.127 e. The second-order valence-electron chi connectivity index (χ2n) is 6.94. The number of nitrogens with one attached hydrogen (secondary N) is 1. The van der Waals surface area contributed by atoms with Gasteiger partial charge >= 0.3 is 0 Å². The number of benzene rings is 1. The average Bonchev–Trinajstić information content (AvgIpc) is 2.88. The van der Waals surface area contributed by atoms with E-state index in [1.165, 1.54) is 30.4 Å². The van der Waals surface area contributed by atoms with Crippen LogP contribution in [0.1, 0.15) is 51.2 Å². The van der Waals surface area contributed by atoms with E-state index in [0.29, 0.717) is 6.04 Å². The Kier molecular flexibility index (Phi) is 3.30. The van der Waals surface area contributed by atoms with E-state index in [1.807, 2.05) is 0 Å². The van der Waals surface area contributed by atoms with Gasteiger partial charge in [-0.1, -0.05) is 25.1 Å². The lowest BCUT2D eigenvalue weighted by atomic mass is 10.0. The number of rotatable bonds is 3. The van der Waals surface area contributed by atoms with Crippen LogP contribution in [0.15, 0.2) is 18.2 Å². The third-order valence-electron chi connectivity index (χ3n) is 4.45. The molecule has 0 radical (unpaired) electrons. The minimum atomic E-state index is -0.0414. The molecule has 0 amide bonds. The second kappa shape index (κ2) is 4.82. The SMILES string of the molecule is CC1CCC(NCc2cccc3c2OC(C)(C)C3)C1. The molecule has 0 spiro atoms. The van der Waals surface area contributed by atoms with Gasteiger partial charge in [0.25, 0.3) is 0 Å². The van der Waals surface area contributed by atoms with Gasteiger partial charge in [-0.2, -0.15) is 0 Å². The summed E-state index contributed by atoms with van der Waals surface area (Å²) >= 11 is 0. The molecule has 1 fully saturated rings. The molecular weight excluding hydrogens is 234 g/mol. The van der Waals surface area contributed by atoms with Crippen LogP contribution in [-0.2, 0) is 13.0 Å². The molecular formula is C17H25NO. The van der Waals surface area contributed by atoms with Crippen molar-refractivity contribution in [2.45, 2.75) is 64.6 Å². The molecule has 2 unspecified atom stereocenters. The largest absolute Gasteiger partial charge is 0.487 e. The lowest BCUT2D eigenvalue weighted by Crippen LogP contribution is -2.27. The van der Waals surface area contributed by atoms with E-state index in [1.54, 1.807) is 0 Å². The van der Waals surface area contributed by atoms with E-state index in [0.717, 1.165) is 24.6 Å². The lowest BCUT2D eigenvalue weighted by Gasteiger charge is -2.19. The van der Waals surface area contributed by atoms with Crippen LogP contribution in [0.5, 0.6) is 5.75 Å². The van der Waals surface area contributed by atoms with Crippen molar-refractivity contribution < 1.29 is 4.74 Å². The Morgan fingerprint density at radius 1 is 1.32 bits per heavy atom. The van der Waals surface area contributed by atoms with Gasteiger partial charge in [0.15, 0.2) is 0 Å². The Morgan fingerprint density at radius 2 is 2.16 bits per heavy atom. The van der Waals surface area contributed by atoms with Crippen molar-refractivity contribution in [3.8, 4) is 5.75 Å². The molecule has 1 aromatic carbocycles. The zero-order valence-electron chi connectivity index (χ0n) is 12.3. The van der Waals surface area contributed by atoms with Crippen molar-refractivity contribution in [2.75, 3.05) is 0 Å². The molecule has 1 aliphatic carbocycles. The summed E-state index contributed by atoms with van der Waals surface area (Å²) in [6.07, 6.45) is 5.04. The van der Waals surface area contributed by atoms with Crippen LogP contribution in [0.3, 0.4) is 0 Å². The fourth-order valence-electron chi connectivity index (χ4n) is 3.47. The molecule has 1 aliphatic heterocycles. The average molecular weight is 259 g/mol. The molecule has 104 valence electrons. The summed E-state index contributed by atoms with van der Waals surface area (Å²) in [5.41, 5.74) is 2.65. The molecule has 1 N–H and O–H groups in total. The Hall–Kier alpha value is -1.02. The van der Waals surface area contributed by atoms with Gasteiger partial charge in [-0.05, 0) is 44.6 Å². The van der Waals surface area contributed by atoms with Crippen LogP contribution < -0.4 is 10.1 Å². The maximum atomic E-state index is 6.12. The summed E-state index contributed by atoms with van der Waals surface area (Å²) < 4.78 is 6.12. The van der Waals surface area contributed by atoms with Crippen molar-refractivity contribution in [1.82, 2.24) is 5.32 Å². The van der Waals surface area contributed by atoms with Crippen LogP contribution >= 0.6 is 0 Å². The molecule has 2 heteroatoms. The van der Waals surface area contributed by atoms with Gasteiger partial charge in [0.05, 0.1) is 0 Å². The van der Waals surface area contributed by atoms with Crippen molar-refractivity contribution in [1.29, 1.82) is 0 Å². The molecule has 19 heavy (non-hydrogen) atoms. The van der Waals surface area contributed by atoms with E-state index < -0.39 is 0 Å². The first kappa shape index (κ1) is 13.0. The highest BCUT2D eigenvalue weighted by molar-refractivity contribution is 5.45. The summed E-state index contributed by atoms with van der Waals surface area (Å²) in [6, 6.07) is 7.26. The van der Waals surface area contributed by atoms with Crippen LogP contribution in [0, 0.1) is 5.92 Å². The molecule has 1 saturated carbocycles. The van der Waals surface area contributed by atoms with Crippen LogP contribution in [-0.4, -0.2) is 11.6 Å². The van der Waals surface area contributed by atoms with Crippen molar-refractivity contribution in [3.63, 3.8) is 0 Å². The zero-order chi connectivity index (χ0) is 13.5. The molecule has 2 atom stereocenters. The fraction of sp³-hybridized carbons (Fsp3) is 0.647. The topological polar surface area (TPSA) is 21.3 Å². The minimum Gasteiger partial charge on any atom is -0.487 e. The number of hydrogen-bond donors (Lipinski definition) is 1. The highest BCUT2D eigenvalue weighted by atomic mass is 16.5. The van der Waals surface area contributed by atoms with Gasteiger partial charge in [-0.25, -0.2) is 0 Å². The Balaban J connectivity index is 1.68. The Bertz CT molecular complexity index is 466. The summed E-state index contributed by atoms with van der Waals surface area (Å²) in [7, 11) is 0. The predicted molar refractivity (Wildman–Crippen MR) is 78.5 cm³/mol. The second-order valence-corrected chi connectivity index (χ2v) is 6.94. The minimum absolute atomic E-state index is 0.0414. The predicted octanol–water partition coefficient (Wildman–Crippen LogP) is 3.68. The van der Waals surface area contributed by atoms with Gasteiger partial charge in [0.1, 0.15) is 11.4 Å². The number of fused-ring (bicyclic) bond motifs is 1. The van der Waals surface area contributed by atoms with Gasteiger partial charge in [0, 0.05) is 24.6 Å².